The van der Waals surface area contributed by atoms with Gasteiger partial charge in [-0.2, -0.15) is 0 Å². The Kier molecular flexibility index (Phi) is 5.35. The van der Waals surface area contributed by atoms with Gasteiger partial charge in [0.05, 0.1) is 29.9 Å². The van der Waals surface area contributed by atoms with Gasteiger partial charge in [-0.15, -0.1) is 11.3 Å². The van der Waals surface area contributed by atoms with Crippen LogP contribution in [-0.4, -0.2) is 59.6 Å². The standard InChI is InChI=1S/C18H29BN2O5S/c1-16(2,3)24-15(22)21-8-9-23-12(10-21)14-20-13(11-27-14)19-25-17(4,5)18(6,7)26-19/h11-12H,8-10H2,1-7H3. The first-order valence-corrected chi connectivity index (χ1v) is 10.2. The van der Waals surface area contributed by atoms with Crippen LogP contribution in [-0.2, 0) is 18.8 Å². The summed E-state index contributed by atoms with van der Waals surface area (Å²) in [4.78, 5) is 18.7. The molecule has 2 aliphatic rings. The zero-order valence-corrected chi connectivity index (χ0v) is 18.0. The van der Waals surface area contributed by atoms with Crippen molar-refractivity contribution in [1.29, 1.82) is 0 Å². The van der Waals surface area contributed by atoms with E-state index >= 15 is 0 Å². The molecule has 0 saturated carbocycles. The summed E-state index contributed by atoms with van der Waals surface area (Å²) in [5.74, 6) is 0. The molecule has 0 N–H and O–H groups in total. The first-order chi connectivity index (χ1) is 12.4. The summed E-state index contributed by atoms with van der Waals surface area (Å²) in [5, 5.41) is 2.75. The van der Waals surface area contributed by atoms with E-state index < -0.39 is 23.9 Å². The van der Waals surface area contributed by atoms with Gasteiger partial charge >= 0.3 is 13.2 Å². The van der Waals surface area contributed by atoms with Crippen LogP contribution >= 0.6 is 11.3 Å². The van der Waals surface area contributed by atoms with Gasteiger partial charge in [0.25, 0.3) is 0 Å². The number of carbonyl (C=O) groups is 1. The summed E-state index contributed by atoms with van der Waals surface area (Å²) in [7, 11) is -0.495. The number of hydrogen-bond donors (Lipinski definition) is 0. The van der Waals surface area contributed by atoms with Gasteiger partial charge < -0.3 is 23.7 Å². The fraction of sp³-hybridized carbons (Fsp3) is 0.778. The molecule has 7 nitrogen and oxygen atoms in total. The number of morpholine rings is 1. The van der Waals surface area contributed by atoms with Crippen LogP contribution in [0.2, 0.25) is 0 Å². The van der Waals surface area contributed by atoms with Crippen LogP contribution in [0, 0.1) is 0 Å². The number of amides is 1. The van der Waals surface area contributed by atoms with E-state index in [-0.39, 0.29) is 12.2 Å². The average Bonchev–Trinajstić information content (AvgIpc) is 3.09. The molecule has 1 aromatic rings. The SMILES string of the molecule is CC(C)(C)OC(=O)N1CCOC(c2nc(B3OC(C)(C)C(C)(C)O3)cs2)C1. The van der Waals surface area contributed by atoms with E-state index in [2.05, 4.69) is 4.98 Å². The highest BCUT2D eigenvalue weighted by molar-refractivity contribution is 7.10. The largest absolute Gasteiger partial charge is 0.515 e. The van der Waals surface area contributed by atoms with Crippen molar-refractivity contribution in [3.8, 4) is 0 Å². The minimum Gasteiger partial charge on any atom is -0.444 e. The van der Waals surface area contributed by atoms with Crippen molar-refractivity contribution in [1.82, 2.24) is 9.88 Å². The zero-order chi connectivity index (χ0) is 20.0. The lowest BCUT2D eigenvalue weighted by Gasteiger charge is -2.33. The van der Waals surface area contributed by atoms with Gasteiger partial charge in [-0.05, 0) is 48.5 Å². The molecule has 1 unspecified atom stereocenters. The van der Waals surface area contributed by atoms with Gasteiger partial charge in [-0.25, -0.2) is 9.78 Å². The maximum Gasteiger partial charge on any atom is 0.515 e. The highest BCUT2D eigenvalue weighted by atomic mass is 32.1. The van der Waals surface area contributed by atoms with Crippen LogP contribution in [0.15, 0.2) is 5.38 Å². The summed E-state index contributed by atoms with van der Waals surface area (Å²) in [6, 6.07) is 0. The molecule has 3 rings (SSSR count). The molecule has 1 atom stereocenters. The van der Waals surface area contributed by atoms with Crippen LogP contribution in [0.25, 0.3) is 0 Å². The highest BCUT2D eigenvalue weighted by Crippen LogP contribution is 2.36. The third kappa shape index (κ3) is 4.47. The van der Waals surface area contributed by atoms with Gasteiger partial charge in [0, 0.05) is 11.9 Å². The van der Waals surface area contributed by atoms with Crippen molar-refractivity contribution in [2.75, 3.05) is 19.7 Å². The topological polar surface area (TPSA) is 70.1 Å². The smallest absolute Gasteiger partial charge is 0.444 e. The number of thiazole rings is 1. The van der Waals surface area contributed by atoms with Crippen LogP contribution in [0.4, 0.5) is 4.79 Å². The zero-order valence-electron chi connectivity index (χ0n) is 17.2. The molecule has 2 fully saturated rings. The lowest BCUT2D eigenvalue weighted by atomic mass is 9.86. The number of nitrogens with zero attached hydrogens (tertiary/aromatic N) is 2. The van der Waals surface area contributed by atoms with E-state index in [9.17, 15) is 4.79 Å². The Morgan fingerprint density at radius 3 is 2.52 bits per heavy atom. The van der Waals surface area contributed by atoms with Crippen molar-refractivity contribution in [2.45, 2.75) is 71.4 Å². The third-order valence-electron chi connectivity index (χ3n) is 5.03. The summed E-state index contributed by atoms with van der Waals surface area (Å²) in [6.07, 6.45) is -0.592. The van der Waals surface area contributed by atoms with Crippen LogP contribution in [0.3, 0.4) is 0 Å². The minimum atomic E-state index is -0.518. The van der Waals surface area contributed by atoms with Gasteiger partial charge in [0.1, 0.15) is 16.7 Å². The van der Waals surface area contributed by atoms with Crippen LogP contribution in [0.5, 0.6) is 0 Å². The number of ether oxygens (including phenoxy) is 2. The van der Waals surface area contributed by atoms with E-state index in [4.69, 9.17) is 18.8 Å². The summed E-state index contributed by atoms with van der Waals surface area (Å²) < 4.78 is 23.4. The molecular weight excluding hydrogens is 367 g/mol. The van der Waals surface area contributed by atoms with Crippen molar-refractivity contribution in [3.05, 3.63) is 10.4 Å². The molecule has 150 valence electrons. The number of aromatic nitrogens is 1. The molecule has 0 spiro atoms. The Labute approximate surface area is 165 Å². The first-order valence-electron chi connectivity index (χ1n) is 9.28. The number of rotatable bonds is 2. The number of hydrogen-bond acceptors (Lipinski definition) is 7. The normalized spacial score (nSPS) is 24.9. The van der Waals surface area contributed by atoms with Crippen molar-refractivity contribution < 1.29 is 23.6 Å². The van der Waals surface area contributed by atoms with Crippen molar-refractivity contribution in [3.63, 3.8) is 0 Å². The monoisotopic (exact) mass is 396 g/mol. The van der Waals surface area contributed by atoms with Crippen LogP contribution in [0.1, 0.15) is 59.6 Å². The highest BCUT2D eigenvalue weighted by Gasteiger charge is 2.52. The average molecular weight is 396 g/mol. The molecule has 0 radical (unpaired) electrons. The molecule has 2 saturated heterocycles. The molecular formula is C18H29BN2O5S. The fourth-order valence-corrected chi connectivity index (χ4v) is 3.67. The molecule has 27 heavy (non-hydrogen) atoms. The minimum absolute atomic E-state index is 0.271. The Hall–Kier alpha value is -1.16. The molecule has 1 aromatic heterocycles. The second-order valence-electron chi connectivity index (χ2n) is 8.98. The van der Waals surface area contributed by atoms with Gasteiger partial charge in [-0.1, -0.05) is 0 Å². The predicted octanol–water partition coefficient (Wildman–Crippen LogP) is 2.75. The van der Waals surface area contributed by atoms with E-state index in [1.807, 2.05) is 53.8 Å². The van der Waals surface area contributed by atoms with Crippen molar-refractivity contribution >= 4 is 30.1 Å². The second kappa shape index (κ2) is 7.02. The third-order valence-corrected chi connectivity index (χ3v) is 5.98. The summed E-state index contributed by atoms with van der Waals surface area (Å²) in [6.45, 7) is 15.0. The Balaban J connectivity index is 1.67. The number of carbonyl (C=O) groups excluding carboxylic acids is 1. The maximum absolute atomic E-state index is 12.3. The van der Waals surface area contributed by atoms with E-state index in [1.54, 1.807) is 4.90 Å². The summed E-state index contributed by atoms with van der Waals surface area (Å²) in [5.41, 5.74) is -0.589. The fourth-order valence-electron chi connectivity index (χ4n) is 2.81. The quantitative estimate of drug-likeness (QED) is 0.716. The lowest BCUT2D eigenvalue weighted by molar-refractivity contribution is -0.0433. The predicted molar refractivity (Wildman–Crippen MR) is 104 cm³/mol. The molecule has 9 heteroatoms. The van der Waals surface area contributed by atoms with Crippen molar-refractivity contribution in [2.24, 2.45) is 0 Å². The molecule has 0 aliphatic carbocycles. The molecule has 0 bridgehead atoms. The van der Waals surface area contributed by atoms with Gasteiger partial charge in [0.2, 0.25) is 0 Å². The molecule has 1 amide bonds. The molecule has 2 aliphatic heterocycles. The first kappa shape index (κ1) is 20.6. The Morgan fingerprint density at radius 1 is 1.30 bits per heavy atom. The molecule has 0 aromatic carbocycles. The Morgan fingerprint density at radius 2 is 1.93 bits per heavy atom. The van der Waals surface area contributed by atoms with Gasteiger partial charge in [-0.3, -0.25) is 0 Å². The van der Waals surface area contributed by atoms with Crippen LogP contribution < -0.4 is 5.59 Å². The summed E-state index contributed by atoms with van der Waals surface area (Å²) >= 11 is 1.50. The molecule has 3 heterocycles. The van der Waals surface area contributed by atoms with E-state index in [0.29, 0.717) is 19.7 Å². The lowest BCUT2D eigenvalue weighted by Crippen LogP contribution is -2.44. The second-order valence-corrected chi connectivity index (χ2v) is 9.87. The maximum atomic E-state index is 12.3. The van der Waals surface area contributed by atoms with E-state index in [0.717, 1.165) is 10.6 Å². The van der Waals surface area contributed by atoms with Gasteiger partial charge in [0.15, 0.2) is 0 Å². The Bertz CT molecular complexity index is 684. The van der Waals surface area contributed by atoms with E-state index in [1.165, 1.54) is 11.3 Å².